The molecule has 2 aliphatic heterocycles. The van der Waals surface area contributed by atoms with Gasteiger partial charge in [-0.05, 0) is 53.6 Å². The number of carbonyl (C=O) groups excluding carboxylic acids is 3. The second-order valence-electron chi connectivity index (χ2n) is 8.42. The predicted octanol–water partition coefficient (Wildman–Crippen LogP) is 4.57. The lowest BCUT2D eigenvalue weighted by Crippen LogP contribution is -2.41. The van der Waals surface area contributed by atoms with E-state index in [9.17, 15) is 18.8 Å². The highest BCUT2D eigenvalue weighted by Gasteiger charge is 2.38. The Morgan fingerprint density at radius 2 is 1.81 bits per heavy atom. The number of rotatable bonds is 4. The molecule has 2 aliphatic rings. The minimum atomic E-state index is -0.964. The van der Waals surface area contributed by atoms with E-state index in [1.54, 1.807) is 42.5 Å². The molecule has 3 aromatic carbocycles. The number of urea groups is 1. The van der Waals surface area contributed by atoms with Crippen molar-refractivity contribution in [2.24, 2.45) is 0 Å². The van der Waals surface area contributed by atoms with Crippen LogP contribution in [0.2, 0.25) is 5.02 Å². The third-order valence-electron chi connectivity index (χ3n) is 6.11. The zero-order valence-electron chi connectivity index (χ0n) is 19.0. The molecule has 0 radical (unpaired) electrons. The summed E-state index contributed by atoms with van der Waals surface area (Å²) in [6, 6.07) is 16.6. The van der Waals surface area contributed by atoms with Crippen LogP contribution < -0.4 is 15.5 Å². The van der Waals surface area contributed by atoms with E-state index in [0.29, 0.717) is 35.1 Å². The summed E-state index contributed by atoms with van der Waals surface area (Å²) >= 11 is 5.92. The van der Waals surface area contributed by atoms with Crippen LogP contribution in [-0.2, 0) is 20.9 Å². The van der Waals surface area contributed by atoms with Crippen molar-refractivity contribution < 1.29 is 23.5 Å². The van der Waals surface area contributed by atoms with Gasteiger partial charge in [0.1, 0.15) is 18.5 Å². The highest BCUT2D eigenvalue weighted by molar-refractivity contribution is 6.30. The van der Waals surface area contributed by atoms with Crippen LogP contribution in [0, 0.1) is 5.82 Å². The fraction of sp³-hybridized carbons (Fsp3) is 0.192. The first-order valence-corrected chi connectivity index (χ1v) is 11.7. The lowest BCUT2D eigenvalue weighted by Gasteiger charge is -2.27. The maximum atomic E-state index is 15.0. The summed E-state index contributed by atoms with van der Waals surface area (Å²) in [4.78, 5) is 41.4. The topological polar surface area (TPSA) is 91.0 Å². The largest absolute Gasteiger partial charge is 0.370 e. The number of amides is 4. The van der Waals surface area contributed by atoms with Gasteiger partial charge in [0.25, 0.3) is 11.8 Å². The molecule has 0 saturated carbocycles. The van der Waals surface area contributed by atoms with Crippen LogP contribution in [-0.4, -0.2) is 42.5 Å². The number of fused-ring (bicyclic) bond motifs is 1. The molecule has 0 bridgehead atoms. The SMILES string of the molecule is O=C(Nc1ccc(N2CCOCC2=O)cc1F)C1c2ccccc2CN1C(=O)Nc1ccc(Cl)cc1. The van der Waals surface area contributed by atoms with E-state index in [1.165, 1.54) is 21.9 Å². The Bertz CT molecular complexity index is 1330. The summed E-state index contributed by atoms with van der Waals surface area (Å²) < 4.78 is 20.1. The summed E-state index contributed by atoms with van der Waals surface area (Å²) in [5, 5.41) is 5.92. The van der Waals surface area contributed by atoms with Crippen molar-refractivity contribution in [1.82, 2.24) is 4.90 Å². The van der Waals surface area contributed by atoms with Crippen molar-refractivity contribution in [2.45, 2.75) is 12.6 Å². The highest BCUT2D eigenvalue weighted by Crippen LogP contribution is 2.35. The van der Waals surface area contributed by atoms with Gasteiger partial charge in [-0.3, -0.25) is 9.59 Å². The number of halogens is 2. The fourth-order valence-electron chi connectivity index (χ4n) is 4.35. The number of anilines is 3. The summed E-state index contributed by atoms with van der Waals surface area (Å²) in [6.07, 6.45) is 0. The first-order valence-electron chi connectivity index (χ1n) is 11.3. The van der Waals surface area contributed by atoms with Crippen molar-refractivity contribution in [3.05, 3.63) is 88.7 Å². The molecule has 4 amide bonds. The third kappa shape index (κ3) is 4.75. The number of hydrogen-bond acceptors (Lipinski definition) is 4. The van der Waals surface area contributed by atoms with E-state index in [0.717, 1.165) is 5.56 Å². The van der Waals surface area contributed by atoms with Crippen molar-refractivity contribution in [1.29, 1.82) is 0 Å². The number of carbonyl (C=O) groups is 3. The number of ether oxygens (including phenoxy) is 1. The van der Waals surface area contributed by atoms with Gasteiger partial charge in [0.15, 0.2) is 0 Å². The molecule has 184 valence electrons. The van der Waals surface area contributed by atoms with Gasteiger partial charge >= 0.3 is 6.03 Å². The average Bonchev–Trinajstić information content (AvgIpc) is 3.27. The Balaban J connectivity index is 1.37. The van der Waals surface area contributed by atoms with E-state index >= 15 is 0 Å². The molecule has 0 aromatic heterocycles. The molecule has 3 aromatic rings. The molecule has 1 saturated heterocycles. The summed E-state index contributed by atoms with van der Waals surface area (Å²) in [5.41, 5.74) is 2.35. The van der Waals surface area contributed by atoms with Crippen LogP contribution in [0.25, 0.3) is 0 Å². The molecule has 36 heavy (non-hydrogen) atoms. The molecule has 2 N–H and O–H groups in total. The molecular weight excluding hydrogens is 487 g/mol. The summed E-state index contributed by atoms with van der Waals surface area (Å²) in [6.45, 7) is 0.838. The van der Waals surface area contributed by atoms with E-state index in [-0.39, 0.29) is 24.7 Å². The Morgan fingerprint density at radius 3 is 2.56 bits per heavy atom. The van der Waals surface area contributed by atoms with Gasteiger partial charge in [0.05, 0.1) is 12.3 Å². The second kappa shape index (κ2) is 9.96. The zero-order chi connectivity index (χ0) is 25.2. The van der Waals surface area contributed by atoms with Gasteiger partial charge in [0.2, 0.25) is 0 Å². The minimum absolute atomic E-state index is 0.0492. The average molecular weight is 509 g/mol. The second-order valence-corrected chi connectivity index (χ2v) is 8.85. The predicted molar refractivity (Wildman–Crippen MR) is 133 cm³/mol. The van der Waals surface area contributed by atoms with Crippen molar-refractivity contribution >= 4 is 46.5 Å². The van der Waals surface area contributed by atoms with Crippen molar-refractivity contribution in [3.63, 3.8) is 0 Å². The number of morpholine rings is 1. The smallest absolute Gasteiger partial charge is 0.323 e. The Labute approximate surface area is 211 Å². The lowest BCUT2D eigenvalue weighted by atomic mass is 10.0. The van der Waals surface area contributed by atoms with Gasteiger partial charge in [-0.1, -0.05) is 35.9 Å². The number of nitrogens with zero attached hydrogens (tertiary/aromatic N) is 2. The Hall–Kier alpha value is -3.95. The maximum Gasteiger partial charge on any atom is 0.323 e. The lowest BCUT2D eigenvalue weighted by molar-refractivity contribution is -0.125. The normalized spacial score (nSPS) is 17.1. The van der Waals surface area contributed by atoms with Crippen molar-refractivity contribution in [2.75, 3.05) is 35.3 Å². The Kier molecular flexibility index (Phi) is 6.58. The minimum Gasteiger partial charge on any atom is -0.370 e. The molecular formula is C26H22ClFN4O4. The first kappa shape index (κ1) is 23.8. The van der Waals surface area contributed by atoms with E-state index in [4.69, 9.17) is 16.3 Å². The Morgan fingerprint density at radius 1 is 1.03 bits per heavy atom. The number of nitrogens with one attached hydrogen (secondary N) is 2. The zero-order valence-corrected chi connectivity index (χ0v) is 19.8. The van der Waals surface area contributed by atoms with E-state index < -0.39 is 23.8 Å². The maximum absolute atomic E-state index is 15.0. The van der Waals surface area contributed by atoms with Crippen LogP contribution in [0.5, 0.6) is 0 Å². The molecule has 1 atom stereocenters. The number of benzene rings is 3. The third-order valence-corrected chi connectivity index (χ3v) is 6.37. The van der Waals surface area contributed by atoms with E-state index in [2.05, 4.69) is 10.6 Å². The van der Waals surface area contributed by atoms with Gasteiger partial charge < -0.3 is 25.2 Å². The van der Waals surface area contributed by atoms with Gasteiger partial charge in [-0.15, -0.1) is 0 Å². The van der Waals surface area contributed by atoms with Gasteiger partial charge in [-0.2, -0.15) is 0 Å². The van der Waals surface area contributed by atoms with Crippen LogP contribution in [0.4, 0.5) is 26.2 Å². The quantitative estimate of drug-likeness (QED) is 0.540. The molecule has 0 spiro atoms. The molecule has 2 heterocycles. The van der Waals surface area contributed by atoms with Crippen LogP contribution in [0.15, 0.2) is 66.7 Å². The van der Waals surface area contributed by atoms with Crippen LogP contribution in [0.3, 0.4) is 0 Å². The van der Waals surface area contributed by atoms with Crippen molar-refractivity contribution in [3.8, 4) is 0 Å². The number of hydrogen-bond donors (Lipinski definition) is 2. The molecule has 0 aliphatic carbocycles. The fourth-order valence-corrected chi connectivity index (χ4v) is 4.48. The standard InChI is InChI=1S/C26H22ClFN4O4/c27-17-5-7-18(8-6-17)29-26(35)32-14-16-3-1-2-4-20(16)24(32)25(34)30-22-10-9-19(13-21(22)28)31-11-12-36-15-23(31)33/h1-10,13,24H,11-12,14-15H2,(H,29,35)(H,30,34). The van der Waals surface area contributed by atoms with Crippen LogP contribution in [0.1, 0.15) is 17.2 Å². The molecule has 10 heteroatoms. The van der Waals surface area contributed by atoms with Crippen LogP contribution >= 0.6 is 11.6 Å². The van der Waals surface area contributed by atoms with Gasteiger partial charge in [-0.25, -0.2) is 9.18 Å². The first-order chi connectivity index (χ1) is 17.4. The highest BCUT2D eigenvalue weighted by atomic mass is 35.5. The molecule has 8 nitrogen and oxygen atoms in total. The summed E-state index contributed by atoms with van der Waals surface area (Å²) in [5.74, 6) is -1.51. The molecule has 5 rings (SSSR count). The monoisotopic (exact) mass is 508 g/mol. The molecule has 1 fully saturated rings. The summed E-state index contributed by atoms with van der Waals surface area (Å²) in [7, 11) is 0. The van der Waals surface area contributed by atoms with Gasteiger partial charge in [0, 0.05) is 29.5 Å². The van der Waals surface area contributed by atoms with E-state index in [1.807, 2.05) is 12.1 Å². The molecule has 1 unspecified atom stereocenters.